The Bertz CT molecular complexity index is 672. The average molecular weight is 298 g/mol. The van der Waals surface area contributed by atoms with E-state index in [-0.39, 0.29) is 0 Å². The number of esters is 1. The first-order valence-electron chi connectivity index (χ1n) is 6.81. The van der Waals surface area contributed by atoms with Gasteiger partial charge in [0.15, 0.2) is 11.5 Å². The summed E-state index contributed by atoms with van der Waals surface area (Å²) in [6.07, 6.45) is 3.04. The molecular weight excluding hydrogens is 280 g/mol. The van der Waals surface area contributed by atoms with Gasteiger partial charge in [-0.1, -0.05) is 23.8 Å². The molecule has 22 heavy (non-hydrogen) atoms. The highest BCUT2D eigenvalue weighted by Gasteiger charge is 2.04. The van der Waals surface area contributed by atoms with Gasteiger partial charge >= 0.3 is 5.97 Å². The van der Waals surface area contributed by atoms with Crippen molar-refractivity contribution in [2.45, 2.75) is 6.92 Å². The second-order valence-corrected chi connectivity index (χ2v) is 4.68. The number of carbonyl (C=O) groups is 1. The third-order valence-corrected chi connectivity index (χ3v) is 3.06. The zero-order chi connectivity index (χ0) is 15.9. The van der Waals surface area contributed by atoms with Crippen LogP contribution in [0.5, 0.6) is 17.2 Å². The number of hydrogen-bond acceptors (Lipinski definition) is 4. The SMILES string of the molecule is COc1ccc(/C=C/C(=O)Oc2ccc(C)cc2)cc1OC. The van der Waals surface area contributed by atoms with Gasteiger partial charge in [-0.3, -0.25) is 0 Å². The van der Waals surface area contributed by atoms with Crippen molar-refractivity contribution in [2.24, 2.45) is 0 Å². The second-order valence-electron chi connectivity index (χ2n) is 4.68. The van der Waals surface area contributed by atoms with Gasteiger partial charge in [-0.25, -0.2) is 4.79 Å². The summed E-state index contributed by atoms with van der Waals surface area (Å²) in [6, 6.07) is 12.7. The zero-order valence-electron chi connectivity index (χ0n) is 12.8. The predicted molar refractivity (Wildman–Crippen MR) is 85.4 cm³/mol. The Labute approximate surface area is 129 Å². The molecule has 114 valence electrons. The molecule has 2 aromatic rings. The van der Waals surface area contributed by atoms with Gasteiger partial charge in [0.2, 0.25) is 0 Å². The van der Waals surface area contributed by atoms with Crippen LogP contribution in [-0.4, -0.2) is 20.2 Å². The molecule has 0 fully saturated rings. The van der Waals surface area contributed by atoms with Crippen LogP contribution in [0.3, 0.4) is 0 Å². The molecule has 0 spiro atoms. The predicted octanol–water partition coefficient (Wildman–Crippen LogP) is 3.63. The van der Waals surface area contributed by atoms with Crippen LogP contribution in [0, 0.1) is 6.92 Å². The number of hydrogen-bond donors (Lipinski definition) is 0. The molecule has 0 atom stereocenters. The van der Waals surface area contributed by atoms with Crippen molar-refractivity contribution < 1.29 is 19.0 Å². The minimum Gasteiger partial charge on any atom is -0.493 e. The Morgan fingerprint density at radius 1 is 0.955 bits per heavy atom. The van der Waals surface area contributed by atoms with Crippen molar-refractivity contribution in [1.29, 1.82) is 0 Å². The van der Waals surface area contributed by atoms with Crippen LogP contribution in [0.2, 0.25) is 0 Å². The maximum atomic E-state index is 11.8. The molecule has 0 aromatic heterocycles. The molecule has 0 aliphatic carbocycles. The fraction of sp³-hybridized carbons (Fsp3) is 0.167. The van der Waals surface area contributed by atoms with Crippen molar-refractivity contribution in [2.75, 3.05) is 14.2 Å². The van der Waals surface area contributed by atoms with Crippen molar-refractivity contribution in [3.8, 4) is 17.2 Å². The van der Waals surface area contributed by atoms with Crippen LogP contribution in [-0.2, 0) is 4.79 Å². The highest BCUT2D eigenvalue weighted by Crippen LogP contribution is 2.27. The Morgan fingerprint density at radius 2 is 1.64 bits per heavy atom. The number of rotatable bonds is 5. The third kappa shape index (κ3) is 4.12. The molecule has 2 rings (SSSR count). The van der Waals surface area contributed by atoms with E-state index in [0.29, 0.717) is 17.2 Å². The van der Waals surface area contributed by atoms with E-state index in [0.717, 1.165) is 11.1 Å². The molecule has 0 aliphatic heterocycles. The Balaban J connectivity index is 2.04. The molecule has 0 saturated heterocycles. The molecule has 0 bridgehead atoms. The van der Waals surface area contributed by atoms with Crippen LogP contribution < -0.4 is 14.2 Å². The molecule has 0 heterocycles. The minimum absolute atomic E-state index is 0.432. The van der Waals surface area contributed by atoms with E-state index in [1.807, 2.05) is 25.1 Å². The van der Waals surface area contributed by atoms with Crippen molar-refractivity contribution in [1.82, 2.24) is 0 Å². The largest absolute Gasteiger partial charge is 0.493 e. The van der Waals surface area contributed by atoms with E-state index >= 15 is 0 Å². The standard InChI is InChI=1S/C18H18O4/c1-13-4-8-15(9-5-13)22-18(19)11-7-14-6-10-16(20-2)17(12-14)21-3/h4-12H,1-3H3/b11-7+. The number of aryl methyl sites for hydroxylation is 1. The molecule has 4 nitrogen and oxygen atoms in total. The molecule has 0 N–H and O–H groups in total. The summed E-state index contributed by atoms with van der Waals surface area (Å²) in [7, 11) is 3.14. The van der Waals surface area contributed by atoms with Gasteiger partial charge in [0.25, 0.3) is 0 Å². The normalized spacial score (nSPS) is 10.5. The molecule has 2 aromatic carbocycles. The zero-order valence-corrected chi connectivity index (χ0v) is 12.8. The van der Waals surface area contributed by atoms with Gasteiger partial charge in [-0.05, 0) is 42.8 Å². The van der Waals surface area contributed by atoms with E-state index in [1.165, 1.54) is 6.08 Å². The first-order chi connectivity index (χ1) is 10.6. The second kappa shape index (κ2) is 7.31. The highest BCUT2D eigenvalue weighted by molar-refractivity contribution is 5.88. The van der Waals surface area contributed by atoms with E-state index in [4.69, 9.17) is 14.2 Å². The lowest BCUT2D eigenvalue weighted by Gasteiger charge is -2.07. The van der Waals surface area contributed by atoms with Gasteiger partial charge in [0.1, 0.15) is 5.75 Å². The fourth-order valence-corrected chi connectivity index (χ4v) is 1.88. The van der Waals surface area contributed by atoms with Crippen LogP contribution in [0.1, 0.15) is 11.1 Å². The number of carbonyl (C=O) groups excluding carboxylic acids is 1. The Hall–Kier alpha value is -2.75. The number of methoxy groups -OCH3 is 2. The van der Waals surface area contributed by atoms with Gasteiger partial charge in [0, 0.05) is 6.08 Å². The highest BCUT2D eigenvalue weighted by atomic mass is 16.5. The summed E-state index contributed by atoms with van der Waals surface area (Å²) < 4.78 is 15.6. The maximum Gasteiger partial charge on any atom is 0.336 e. The average Bonchev–Trinajstić information content (AvgIpc) is 2.54. The molecule has 0 aliphatic rings. The van der Waals surface area contributed by atoms with Crippen molar-refractivity contribution in [3.63, 3.8) is 0 Å². The lowest BCUT2D eigenvalue weighted by atomic mass is 10.2. The molecule has 0 amide bonds. The number of benzene rings is 2. The lowest BCUT2D eigenvalue weighted by molar-refractivity contribution is -0.128. The van der Waals surface area contributed by atoms with Crippen LogP contribution in [0.25, 0.3) is 6.08 Å². The van der Waals surface area contributed by atoms with E-state index in [9.17, 15) is 4.79 Å². The first-order valence-corrected chi connectivity index (χ1v) is 6.81. The summed E-state index contributed by atoms with van der Waals surface area (Å²) >= 11 is 0. The first kappa shape index (κ1) is 15.6. The summed E-state index contributed by atoms with van der Waals surface area (Å²) in [5, 5.41) is 0. The molecular formula is C18H18O4. The Kier molecular flexibility index (Phi) is 5.20. The smallest absolute Gasteiger partial charge is 0.336 e. The molecule has 4 heteroatoms. The minimum atomic E-state index is -0.432. The molecule has 0 unspecified atom stereocenters. The van der Waals surface area contributed by atoms with Gasteiger partial charge in [-0.15, -0.1) is 0 Å². The number of ether oxygens (including phenoxy) is 3. The van der Waals surface area contributed by atoms with E-state index in [1.54, 1.807) is 44.6 Å². The van der Waals surface area contributed by atoms with Crippen LogP contribution in [0.15, 0.2) is 48.5 Å². The van der Waals surface area contributed by atoms with Crippen molar-refractivity contribution in [3.05, 3.63) is 59.7 Å². The van der Waals surface area contributed by atoms with Gasteiger partial charge < -0.3 is 14.2 Å². The summed E-state index contributed by atoms with van der Waals surface area (Å²) in [5.74, 6) is 1.34. The fourth-order valence-electron chi connectivity index (χ4n) is 1.88. The topological polar surface area (TPSA) is 44.8 Å². The summed E-state index contributed by atoms with van der Waals surface area (Å²) in [4.78, 5) is 11.8. The van der Waals surface area contributed by atoms with Crippen LogP contribution >= 0.6 is 0 Å². The lowest BCUT2D eigenvalue weighted by Crippen LogP contribution is -2.03. The molecule has 0 saturated carbocycles. The van der Waals surface area contributed by atoms with E-state index < -0.39 is 5.97 Å². The van der Waals surface area contributed by atoms with Crippen LogP contribution in [0.4, 0.5) is 0 Å². The quantitative estimate of drug-likeness (QED) is 0.480. The third-order valence-electron chi connectivity index (χ3n) is 3.06. The Morgan fingerprint density at radius 3 is 2.27 bits per heavy atom. The summed E-state index contributed by atoms with van der Waals surface area (Å²) in [6.45, 7) is 1.97. The van der Waals surface area contributed by atoms with E-state index in [2.05, 4.69) is 0 Å². The monoisotopic (exact) mass is 298 g/mol. The maximum absolute atomic E-state index is 11.8. The van der Waals surface area contributed by atoms with Gasteiger partial charge in [-0.2, -0.15) is 0 Å². The molecule has 0 radical (unpaired) electrons. The van der Waals surface area contributed by atoms with Crippen molar-refractivity contribution >= 4 is 12.0 Å². The van der Waals surface area contributed by atoms with Gasteiger partial charge in [0.05, 0.1) is 14.2 Å². The summed E-state index contributed by atoms with van der Waals surface area (Å²) in [5.41, 5.74) is 1.93.